The van der Waals surface area contributed by atoms with Crippen LogP contribution in [0.5, 0.6) is 0 Å². The van der Waals surface area contributed by atoms with Crippen LogP contribution in [-0.4, -0.2) is 10.9 Å². The molecule has 0 atom stereocenters. The standard InChI is InChI=1S/C15H14N2O2/c18-15(17-8-11-5-6-19-10-11)7-12-9-16-14-4-2-1-3-13(12)14/h1-6,9-10,16H,7-8H2,(H,17,18). The monoisotopic (exact) mass is 254 g/mol. The van der Waals surface area contributed by atoms with Crippen LogP contribution in [0.25, 0.3) is 10.9 Å². The number of aromatic nitrogens is 1. The van der Waals surface area contributed by atoms with Crippen molar-refractivity contribution in [3.05, 3.63) is 60.2 Å². The maximum absolute atomic E-state index is 11.9. The molecular weight excluding hydrogens is 240 g/mol. The van der Waals surface area contributed by atoms with E-state index < -0.39 is 0 Å². The van der Waals surface area contributed by atoms with Gasteiger partial charge in [0.15, 0.2) is 0 Å². The van der Waals surface area contributed by atoms with Crippen molar-refractivity contribution in [2.45, 2.75) is 13.0 Å². The van der Waals surface area contributed by atoms with Crippen molar-refractivity contribution in [1.82, 2.24) is 10.3 Å². The van der Waals surface area contributed by atoms with Gasteiger partial charge in [-0.25, -0.2) is 0 Å². The minimum atomic E-state index is 0.00551. The molecule has 0 aliphatic carbocycles. The molecule has 2 N–H and O–H groups in total. The van der Waals surface area contributed by atoms with E-state index in [1.54, 1.807) is 12.5 Å². The fraction of sp³-hybridized carbons (Fsp3) is 0.133. The number of rotatable bonds is 4. The molecule has 96 valence electrons. The maximum Gasteiger partial charge on any atom is 0.224 e. The number of amides is 1. The van der Waals surface area contributed by atoms with Gasteiger partial charge in [-0.2, -0.15) is 0 Å². The molecule has 3 aromatic rings. The van der Waals surface area contributed by atoms with Gasteiger partial charge in [-0.05, 0) is 17.7 Å². The molecule has 0 saturated carbocycles. The van der Waals surface area contributed by atoms with Crippen molar-refractivity contribution >= 4 is 16.8 Å². The van der Waals surface area contributed by atoms with Crippen molar-refractivity contribution in [2.24, 2.45) is 0 Å². The number of hydrogen-bond acceptors (Lipinski definition) is 2. The average molecular weight is 254 g/mol. The molecule has 1 aromatic carbocycles. The lowest BCUT2D eigenvalue weighted by Crippen LogP contribution is -2.24. The van der Waals surface area contributed by atoms with Crippen molar-refractivity contribution in [2.75, 3.05) is 0 Å². The summed E-state index contributed by atoms with van der Waals surface area (Å²) in [6, 6.07) is 9.81. The topological polar surface area (TPSA) is 58.0 Å². The van der Waals surface area contributed by atoms with Crippen LogP contribution in [-0.2, 0) is 17.8 Å². The van der Waals surface area contributed by atoms with Crippen LogP contribution in [0.15, 0.2) is 53.5 Å². The number of para-hydroxylation sites is 1. The summed E-state index contributed by atoms with van der Waals surface area (Å²) < 4.78 is 4.95. The molecule has 0 aliphatic heterocycles. The van der Waals surface area contributed by atoms with Crippen molar-refractivity contribution in [1.29, 1.82) is 0 Å². The van der Waals surface area contributed by atoms with Crippen LogP contribution in [0.4, 0.5) is 0 Å². The number of H-pyrrole nitrogens is 1. The molecule has 19 heavy (non-hydrogen) atoms. The third-order valence-electron chi connectivity index (χ3n) is 3.10. The minimum absolute atomic E-state index is 0.00551. The van der Waals surface area contributed by atoms with Crippen LogP contribution < -0.4 is 5.32 Å². The molecule has 0 unspecified atom stereocenters. The normalized spacial score (nSPS) is 10.7. The highest BCUT2D eigenvalue weighted by Crippen LogP contribution is 2.17. The maximum atomic E-state index is 11.9. The Hall–Kier alpha value is -2.49. The van der Waals surface area contributed by atoms with E-state index >= 15 is 0 Å². The Kier molecular flexibility index (Phi) is 3.06. The summed E-state index contributed by atoms with van der Waals surface area (Å²) in [7, 11) is 0. The molecule has 0 bridgehead atoms. The predicted octanol–water partition coefficient (Wildman–Crippen LogP) is 2.62. The molecule has 0 aliphatic rings. The lowest BCUT2D eigenvalue weighted by Gasteiger charge is -2.02. The van der Waals surface area contributed by atoms with E-state index in [2.05, 4.69) is 10.3 Å². The number of nitrogens with one attached hydrogen (secondary N) is 2. The average Bonchev–Trinajstić information content (AvgIpc) is 3.07. The van der Waals surface area contributed by atoms with E-state index in [9.17, 15) is 4.79 Å². The summed E-state index contributed by atoms with van der Waals surface area (Å²) in [4.78, 5) is 15.1. The van der Waals surface area contributed by atoms with Crippen LogP contribution in [0.2, 0.25) is 0 Å². The van der Waals surface area contributed by atoms with E-state index in [0.717, 1.165) is 22.0 Å². The van der Waals surface area contributed by atoms with E-state index in [1.807, 2.05) is 36.5 Å². The number of benzene rings is 1. The fourth-order valence-electron chi connectivity index (χ4n) is 2.11. The van der Waals surface area contributed by atoms with Crippen molar-refractivity contribution in [3.8, 4) is 0 Å². The van der Waals surface area contributed by atoms with Gasteiger partial charge in [0.2, 0.25) is 5.91 Å². The molecule has 0 spiro atoms. The van der Waals surface area contributed by atoms with Gasteiger partial charge in [0, 0.05) is 29.2 Å². The fourth-order valence-corrected chi connectivity index (χ4v) is 2.11. The molecule has 2 heterocycles. The summed E-state index contributed by atoms with van der Waals surface area (Å²) >= 11 is 0. The van der Waals surface area contributed by atoms with Gasteiger partial charge in [0.1, 0.15) is 0 Å². The first-order valence-corrected chi connectivity index (χ1v) is 6.16. The quantitative estimate of drug-likeness (QED) is 0.752. The van der Waals surface area contributed by atoms with Crippen LogP contribution >= 0.6 is 0 Å². The third-order valence-corrected chi connectivity index (χ3v) is 3.10. The number of aromatic amines is 1. The lowest BCUT2D eigenvalue weighted by molar-refractivity contribution is -0.120. The smallest absolute Gasteiger partial charge is 0.224 e. The number of furan rings is 1. The van der Waals surface area contributed by atoms with E-state index in [4.69, 9.17) is 4.42 Å². The molecule has 0 fully saturated rings. The first-order chi connectivity index (χ1) is 9.33. The number of carbonyl (C=O) groups excluding carboxylic acids is 1. The Bertz CT molecular complexity index is 683. The molecule has 0 saturated heterocycles. The SMILES string of the molecule is O=C(Cc1c[nH]c2ccccc12)NCc1ccoc1. The minimum Gasteiger partial charge on any atom is -0.472 e. The van der Waals surface area contributed by atoms with Crippen LogP contribution in [0.1, 0.15) is 11.1 Å². The highest BCUT2D eigenvalue weighted by atomic mass is 16.3. The number of fused-ring (bicyclic) bond motifs is 1. The second-order valence-corrected chi connectivity index (χ2v) is 4.44. The van der Waals surface area contributed by atoms with Gasteiger partial charge in [-0.15, -0.1) is 0 Å². The molecule has 2 aromatic heterocycles. The van der Waals surface area contributed by atoms with Crippen LogP contribution in [0, 0.1) is 0 Å². The molecule has 4 nitrogen and oxygen atoms in total. The summed E-state index contributed by atoms with van der Waals surface area (Å²) in [5, 5.41) is 3.97. The molecule has 1 amide bonds. The zero-order valence-electron chi connectivity index (χ0n) is 10.3. The zero-order chi connectivity index (χ0) is 13.1. The Morgan fingerprint density at radius 1 is 1.26 bits per heavy atom. The van der Waals surface area contributed by atoms with E-state index in [0.29, 0.717) is 13.0 Å². The molecule has 3 rings (SSSR count). The van der Waals surface area contributed by atoms with Crippen LogP contribution in [0.3, 0.4) is 0 Å². The number of carbonyl (C=O) groups is 1. The molecular formula is C15H14N2O2. The molecule has 4 heteroatoms. The van der Waals surface area contributed by atoms with Gasteiger partial charge in [-0.1, -0.05) is 18.2 Å². The summed E-state index contributed by atoms with van der Waals surface area (Å²) in [6.45, 7) is 0.498. The van der Waals surface area contributed by atoms with Gasteiger partial charge in [0.05, 0.1) is 18.9 Å². The van der Waals surface area contributed by atoms with Gasteiger partial charge in [0.25, 0.3) is 0 Å². The Morgan fingerprint density at radius 2 is 2.16 bits per heavy atom. The summed E-state index contributed by atoms with van der Waals surface area (Å²) in [5.41, 5.74) is 3.03. The molecule has 0 radical (unpaired) electrons. The van der Waals surface area contributed by atoms with Gasteiger partial charge in [-0.3, -0.25) is 4.79 Å². The Balaban J connectivity index is 1.66. The van der Waals surface area contributed by atoms with Crippen molar-refractivity contribution in [3.63, 3.8) is 0 Å². The first-order valence-electron chi connectivity index (χ1n) is 6.16. The summed E-state index contributed by atoms with van der Waals surface area (Å²) in [6.07, 6.45) is 5.50. The second-order valence-electron chi connectivity index (χ2n) is 4.44. The summed E-state index contributed by atoms with van der Waals surface area (Å²) in [5.74, 6) is 0.00551. The van der Waals surface area contributed by atoms with Gasteiger partial charge < -0.3 is 14.7 Å². The predicted molar refractivity (Wildman–Crippen MR) is 72.6 cm³/mol. The first kappa shape index (κ1) is 11.6. The van der Waals surface area contributed by atoms with Crippen molar-refractivity contribution < 1.29 is 9.21 Å². The largest absolute Gasteiger partial charge is 0.472 e. The Labute approximate surface area is 110 Å². The van der Waals surface area contributed by atoms with E-state index in [1.165, 1.54) is 0 Å². The number of hydrogen-bond donors (Lipinski definition) is 2. The lowest BCUT2D eigenvalue weighted by atomic mass is 10.1. The second kappa shape index (κ2) is 5.02. The third kappa shape index (κ3) is 2.52. The zero-order valence-corrected chi connectivity index (χ0v) is 10.3. The highest BCUT2D eigenvalue weighted by molar-refractivity contribution is 5.88. The Morgan fingerprint density at radius 3 is 3.00 bits per heavy atom. The highest BCUT2D eigenvalue weighted by Gasteiger charge is 2.08. The van der Waals surface area contributed by atoms with Gasteiger partial charge >= 0.3 is 0 Å². The van der Waals surface area contributed by atoms with E-state index in [-0.39, 0.29) is 5.91 Å².